The molecule has 230 valence electrons. The second-order valence-corrected chi connectivity index (χ2v) is 12.8. The molecular weight excluding hydrogens is 582 g/mol. The smallest absolute Gasteiger partial charge is 0.408 e. The number of allylic oxidation sites excluding steroid dienone is 3. The van der Waals surface area contributed by atoms with Crippen LogP contribution in [0.25, 0.3) is 0 Å². The third kappa shape index (κ3) is 6.88. The number of benzene rings is 2. The molecule has 3 aliphatic rings. The molecule has 0 aromatic heterocycles. The minimum Gasteiger partial charge on any atom is -0.451 e. The van der Waals surface area contributed by atoms with Crippen molar-refractivity contribution in [3.63, 3.8) is 0 Å². The maximum absolute atomic E-state index is 13.6. The number of ether oxygens (including phenoxy) is 2. The first-order chi connectivity index (χ1) is 21.0. The lowest BCUT2D eigenvalue weighted by atomic mass is 9.96. The molecule has 0 bridgehead atoms. The van der Waals surface area contributed by atoms with E-state index in [1.807, 2.05) is 78.9 Å². The van der Waals surface area contributed by atoms with Crippen LogP contribution in [0.5, 0.6) is 0 Å². The number of amides is 3. The standard InChI is InChI=1S/C33H35N3O7S/c1-33(2,3)43-32(41)35-24(20-13-7-4-8-14-20)28(38)34-25-29(39)36-26(23(37)19-44-30(25)36)31(40)42-27(21-15-9-5-10-16-21)22-17-11-6-12-18-22/h4-7,9-12,14-18,24-27,30H,8,13,19H2,1-3H3,(H,34,38)(H,35,41)/t24?,25-,26?,30+/m1/s1. The van der Waals surface area contributed by atoms with Gasteiger partial charge in [-0.05, 0) is 50.3 Å². The summed E-state index contributed by atoms with van der Waals surface area (Å²) in [5.74, 6) is -2.47. The molecule has 2 N–H and O–H groups in total. The number of carbonyl (C=O) groups excluding carboxylic acids is 5. The van der Waals surface area contributed by atoms with Crippen molar-refractivity contribution in [2.24, 2.45) is 0 Å². The van der Waals surface area contributed by atoms with Crippen molar-refractivity contribution in [2.45, 2.75) is 68.8 Å². The van der Waals surface area contributed by atoms with E-state index in [4.69, 9.17) is 9.47 Å². The summed E-state index contributed by atoms with van der Waals surface area (Å²) in [6, 6.07) is 14.8. The van der Waals surface area contributed by atoms with E-state index in [1.54, 1.807) is 20.8 Å². The molecule has 2 aromatic rings. The van der Waals surface area contributed by atoms with Crippen molar-refractivity contribution in [1.82, 2.24) is 15.5 Å². The van der Waals surface area contributed by atoms with Crippen LogP contribution in [-0.4, -0.2) is 69.4 Å². The van der Waals surface area contributed by atoms with Gasteiger partial charge in [0.15, 0.2) is 17.9 Å². The summed E-state index contributed by atoms with van der Waals surface area (Å²) in [5.41, 5.74) is 1.33. The maximum atomic E-state index is 13.6. The van der Waals surface area contributed by atoms with E-state index in [1.165, 1.54) is 16.7 Å². The minimum absolute atomic E-state index is 0.0303. The van der Waals surface area contributed by atoms with Gasteiger partial charge in [-0.15, -0.1) is 11.8 Å². The zero-order valence-corrected chi connectivity index (χ0v) is 25.5. The highest BCUT2D eigenvalue weighted by atomic mass is 32.2. The summed E-state index contributed by atoms with van der Waals surface area (Å²) in [6.07, 6.45) is 5.21. The molecule has 1 aliphatic carbocycles. The van der Waals surface area contributed by atoms with Crippen molar-refractivity contribution >= 4 is 41.4 Å². The van der Waals surface area contributed by atoms with E-state index in [2.05, 4.69) is 10.6 Å². The van der Waals surface area contributed by atoms with Crippen LogP contribution < -0.4 is 10.6 Å². The average molecular weight is 618 g/mol. The van der Waals surface area contributed by atoms with Crippen LogP contribution in [0.2, 0.25) is 0 Å². The molecule has 5 rings (SSSR count). The van der Waals surface area contributed by atoms with Gasteiger partial charge in [-0.3, -0.25) is 14.4 Å². The van der Waals surface area contributed by atoms with Crippen LogP contribution in [0.1, 0.15) is 50.8 Å². The Hall–Kier alpha value is -4.38. The van der Waals surface area contributed by atoms with Crippen molar-refractivity contribution in [3.05, 3.63) is 95.6 Å². The Morgan fingerprint density at radius 1 is 0.955 bits per heavy atom. The Kier molecular flexibility index (Phi) is 9.24. The molecule has 2 aromatic carbocycles. The Morgan fingerprint density at radius 3 is 2.16 bits per heavy atom. The molecule has 11 heteroatoms. The summed E-state index contributed by atoms with van der Waals surface area (Å²) in [5, 5.41) is 4.73. The van der Waals surface area contributed by atoms with Crippen LogP contribution in [0, 0.1) is 0 Å². The largest absolute Gasteiger partial charge is 0.451 e. The molecule has 2 aliphatic heterocycles. The number of fused-ring (bicyclic) bond motifs is 1. The van der Waals surface area contributed by atoms with E-state index in [0.717, 1.165) is 11.1 Å². The van der Waals surface area contributed by atoms with E-state index in [0.29, 0.717) is 18.4 Å². The number of β-lactam (4-membered cyclic amide) rings is 1. The zero-order valence-electron chi connectivity index (χ0n) is 24.7. The van der Waals surface area contributed by atoms with Gasteiger partial charge in [0.1, 0.15) is 23.1 Å². The number of alkyl carbamates (subject to hydrolysis) is 1. The van der Waals surface area contributed by atoms with Crippen LogP contribution in [-0.2, 0) is 28.7 Å². The summed E-state index contributed by atoms with van der Waals surface area (Å²) in [7, 11) is 0. The molecule has 44 heavy (non-hydrogen) atoms. The third-order valence-corrected chi connectivity index (χ3v) is 8.64. The van der Waals surface area contributed by atoms with Gasteiger partial charge in [0.2, 0.25) is 11.8 Å². The molecule has 4 atom stereocenters. The van der Waals surface area contributed by atoms with Gasteiger partial charge < -0.3 is 25.0 Å². The van der Waals surface area contributed by atoms with Gasteiger partial charge in [0.05, 0.1) is 5.75 Å². The van der Waals surface area contributed by atoms with E-state index >= 15 is 0 Å². The molecular formula is C33H35N3O7S. The lowest BCUT2D eigenvalue weighted by Gasteiger charge is -2.51. The summed E-state index contributed by atoms with van der Waals surface area (Å²) in [6.45, 7) is 5.16. The van der Waals surface area contributed by atoms with Crippen LogP contribution in [0.4, 0.5) is 4.79 Å². The van der Waals surface area contributed by atoms with Crippen LogP contribution >= 0.6 is 11.8 Å². The first-order valence-electron chi connectivity index (χ1n) is 14.4. The zero-order chi connectivity index (χ0) is 31.4. The number of carbonyl (C=O) groups is 5. The molecule has 2 saturated heterocycles. The highest BCUT2D eigenvalue weighted by Crippen LogP contribution is 2.38. The second kappa shape index (κ2) is 13.1. The number of rotatable bonds is 8. The Morgan fingerprint density at radius 2 is 1.59 bits per heavy atom. The first kappa shape index (κ1) is 31.1. The maximum Gasteiger partial charge on any atom is 0.408 e. The summed E-state index contributed by atoms with van der Waals surface area (Å²) in [4.78, 5) is 67.3. The predicted molar refractivity (Wildman–Crippen MR) is 164 cm³/mol. The van der Waals surface area contributed by atoms with Gasteiger partial charge in [-0.1, -0.05) is 78.9 Å². The number of hydrogen-bond acceptors (Lipinski definition) is 8. The van der Waals surface area contributed by atoms with E-state index in [9.17, 15) is 24.0 Å². The lowest BCUT2D eigenvalue weighted by molar-refractivity contribution is -0.170. The first-order valence-corrected chi connectivity index (χ1v) is 15.5. The highest BCUT2D eigenvalue weighted by molar-refractivity contribution is 8.00. The number of hydrogen-bond donors (Lipinski definition) is 2. The van der Waals surface area contributed by atoms with Gasteiger partial charge >= 0.3 is 12.1 Å². The Bertz CT molecular complexity index is 1450. The topological polar surface area (TPSA) is 131 Å². The number of thioether (sulfide) groups is 1. The quantitative estimate of drug-likeness (QED) is 0.198. The number of nitrogens with one attached hydrogen (secondary N) is 2. The van der Waals surface area contributed by atoms with E-state index in [-0.39, 0.29) is 5.75 Å². The Balaban J connectivity index is 1.31. The molecule has 10 nitrogen and oxygen atoms in total. The number of esters is 1. The Labute approximate surface area is 260 Å². The van der Waals surface area contributed by atoms with Crippen molar-refractivity contribution in [1.29, 1.82) is 0 Å². The average Bonchev–Trinajstić information content (AvgIpc) is 3.01. The summed E-state index contributed by atoms with van der Waals surface area (Å²) >= 11 is 1.17. The molecule has 0 saturated carbocycles. The fourth-order valence-electron chi connectivity index (χ4n) is 5.32. The van der Waals surface area contributed by atoms with Gasteiger partial charge in [-0.25, -0.2) is 9.59 Å². The van der Waals surface area contributed by atoms with Crippen LogP contribution in [0.3, 0.4) is 0 Å². The van der Waals surface area contributed by atoms with Gasteiger partial charge in [0.25, 0.3) is 0 Å². The molecule has 3 amide bonds. The highest BCUT2D eigenvalue weighted by Gasteiger charge is 2.58. The minimum atomic E-state index is -1.43. The molecule has 2 unspecified atom stereocenters. The molecule has 0 radical (unpaired) electrons. The van der Waals surface area contributed by atoms with Gasteiger partial charge in [-0.2, -0.15) is 0 Å². The second-order valence-electron chi connectivity index (χ2n) is 11.7. The normalized spacial score (nSPS) is 21.9. The summed E-state index contributed by atoms with van der Waals surface area (Å²) < 4.78 is 11.3. The van der Waals surface area contributed by atoms with Crippen molar-refractivity contribution in [2.75, 3.05) is 5.75 Å². The van der Waals surface area contributed by atoms with Crippen molar-refractivity contribution in [3.8, 4) is 0 Å². The van der Waals surface area contributed by atoms with Crippen LogP contribution in [0.15, 0.2) is 84.5 Å². The fourth-order valence-corrected chi connectivity index (χ4v) is 6.58. The SMILES string of the molecule is CC(C)(C)OC(=O)NC(C(=O)N[C@@H]1C(=O)N2C(C(=O)OC(c3ccccc3)c3ccccc3)C(=O)CS[C@@H]12)C1=CCC=CC1. The molecule has 2 fully saturated rings. The van der Waals surface area contributed by atoms with Gasteiger partial charge in [0, 0.05) is 0 Å². The monoisotopic (exact) mass is 617 g/mol. The number of Topliss-reactive ketones (excluding diaryl/α,β-unsaturated/α-hetero) is 1. The molecule has 2 heterocycles. The van der Waals surface area contributed by atoms with Crippen molar-refractivity contribution < 1.29 is 33.4 Å². The number of nitrogens with zero attached hydrogens (tertiary/aromatic N) is 1. The third-order valence-electron chi connectivity index (χ3n) is 7.35. The van der Waals surface area contributed by atoms with E-state index < -0.39 is 64.9 Å². The lowest BCUT2D eigenvalue weighted by Crippen LogP contribution is -2.76. The fraction of sp³-hybridized carbons (Fsp3) is 0.364. The number of ketones is 1. The predicted octanol–water partition coefficient (Wildman–Crippen LogP) is 3.83. The molecule has 0 spiro atoms.